The summed E-state index contributed by atoms with van der Waals surface area (Å²) in [7, 11) is -3.54. The number of nitrogens with one attached hydrogen (secondary N) is 1. The number of ether oxygens (including phenoxy) is 2. The van der Waals surface area contributed by atoms with Crippen LogP contribution in [0.5, 0.6) is 5.75 Å². The van der Waals surface area contributed by atoms with E-state index in [-0.39, 0.29) is 45.5 Å². The van der Waals surface area contributed by atoms with Crippen molar-refractivity contribution in [3.05, 3.63) is 88.4 Å². The van der Waals surface area contributed by atoms with E-state index in [1.54, 1.807) is 11.0 Å². The molecule has 1 fully saturated rings. The summed E-state index contributed by atoms with van der Waals surface area (Å²) >= 11 is 6.46. The van der Waals surface area contributed by atoms with E-state index < -0.39 is 65.0 Å². The van der Waals surface area contributed by atoms with Gasteiger partial charge in [0.05, 0.1) is 58.5 Å². The standard InChI is InChI=1S/C31H29ClF5N3O6S/c1-2-47(43,44)25-10-5-19(6-11-25)30(42,13-14-38)39-28(41)26-12-7-21(16-27(26)32)40-17-24(15-22(40)18-45-29(33)34)46-23-8-3-20(4-9-23)31(35,36)37/h3-12,16,22,24,29,42H,2,13,15,17-18H2,1H3,(H,39,41)/t22-,24+,30-/m0/s1. The maximum Gasteiger partial charge on any atom is 0.416 e. The molecule has 4 rings (SSSR count). The van der Waals surface area contributed by atoms with Gasteiger partial charge < -0.3 is 24.8 Å². The molecule has 0 unspecified atom stereocenters. The highest BCUT2D eigenvalue weighted by Gasteiger charge is 2.36. The number of anilines is 1. The maximum atomic E-state index is 13.2. The first kappa shape index (κ1) is 35.9. The summed E-state index contributed by atoms with van der Waals surface area (Å²) in [4.78, 5) is 14.9. The molecule has 0 aromatic heterocycles. The van der Waals surface area contributed by atoms with E-state index in [2.05, 4.69) is 10.1 Å². The van der Waals surface area contributed by atoms with E-state index in [1.807, 2.05) is 0 Å². The van der Waals surface area contributed by atoms with Crippen molar-refractivity contribution in [2.75, 3.05) is 23.8 Å². The summed E-state index contributed by atoms with van der Waals surface area (Å²) in [5.41, 5.74) is -2.72. The summed E-state index contributed by atoms with van der Waals surface area (Å²) in [6.45, 7) is -1.88. The molecule has 3 atom stereocenters. The van der Waals surface area contributed by atoms with Gasteiger partial charge in [0.2, 0.25) is 0 Å². The molecule has 0 radical (unpaired) electrons. The van der Waals surface area contributed by atoms with Gasteiger partial charge in [-0.3, -0.25) is 4.79 Å². The fourth-order valence-corrected chi connectivity index (χ4v) is 6.24. The normalized spacial score (nSPS) is 18.1. The predicted molar refractivity (Wildman–Crippen MR) is 161 cm³/mol. The minimum Gasteiger partial charge on any atom is -0.489 e. The van der Waals surface area contributed by atoms with Crippen LogP contribution in [-0.4, -0.2) is 57.1 Å². The number of carbonyl (C=O) groups excluding carboxylic acids is 1. The van der Waals surface area contributed by atoms with Crippen molar-refractivity contribution in [3.63, 3.8) is 0 Å². The van der Waals surface area contributed by atoms with Crippen LogP contribution in [0.2, 0.25) is 5.02 Å². The Kier molecular flexibility index (Phi) is 11.0. The van der Waals surface area contributed by atoms with Crippen molar-refractivity contribution in [2.24, 2.45) is 0 Å². The lowest BCUT2D eigenvalue weighted by Gasteiger charge is -2.28. The van der Waals surface area contributed by atoms with E-state index >= 15 is 0 Å². The number of nitrogens with zero attached hydrogens (tertiary/aromatic N) is 2. The fraction of sp³-hybridized carbons (Fsp3) is 0.355. The molecule has 252 valence electrons. The first-order chi connectivity index (χ1) is 22.1. The van der Waals surface area contributed by atoms with Crippen LogP contribution in [-0.2, 0) is 26.5 Å². The van der Waals surface area contributed by atoms with Gasteiger partial charge in [0.1, 0.15) is 11.9 Å². The van der Waals surface area contributed by atoms with Gasteiger partial charge in [-0.05, 0) is 54.6 Å². The molecule has 0 bridgehead atoms. The Bertz CT molecular complexity index is 1720. The molecule has 0 spiro atoms. The number of hydrogen-bond donors (Lipinski definition) is 2. The molecule has 1 saturated heterocycles. The van der Waals surface area contributed by atoms with Gasteiger partial charge in [-0.2, -0.15) is 27.2 Å². The lowest BCUT2D eigenvalue weighted by atomic mass is 9.99. The van der Waals surface area contributed by atoms with E-state index in [0.29, 0.717) is 5.69 Å². The summed E-state index contributed by atoms with van der Waals surface area (Å²) in [6.07, 6.45) is -5.57. The third-order valence-corrected chi connectivity index (χ3v) is 9.59. The first-order valence-electron chi connectivity index (χ1n) is 14.1. The Balaban J connectivity index is 1.53. The predicted octanol–water partition coefficient (Wildman–Crippen LogP) is 5.91. The van der Waals surface area contributed by atoms with E-state index in [4.69, 9.17) is 16.3 Å². The smallest absolute Gasteiger partial charge is 0.416 e. The highest BCUT2D eigenvalue weighted by atomic mass is 35.5. The van der Waals surface area contributed by atoms with E-state index in [9.17, 15) is 45.5 Å². The van der Waals surface area contributed by atoms with Gasteiger partial charge in [0.15, 0.2) is 15.6 Å². The highest BCUT2D eigenvalue weighted by molar-refractivity contribution is 7.91. The van der Waals surface area contributed by atoms with E-state index in [1.165, 1.54) is 49.4 Å². The molecule has 1 heterocycles. The van der Waals surface area contributed by atoms with Crippen LogP contribution in [0.1, 0.15) is 41.3 Å². The summed E-state index contributed by atoms with van der Waals surface area (Å²) in [6, 6.07) is 14.5. The summed E-state index contributed by atoms with van der Waals surface area (Å²) in [5, 5.41) is 22.8. The van der Waals surface area contributed by atoms with Crippen LogP contribution in [0.25, 0.3) is 0 Å². The average Bonchev–Trinajstić information content (AvgIpc) is 3.42. The van der Waals surface area contributed by atoms with Crippen LogP contribution in [0, 0.1) is 11.3 Å². The second kappa shape index (κ2) is 14.4. The minimum absolute atomic E-state index is 0.000756. The van der Waals surface area contributed by atoms with Gasteiger partial charge in [0, 0.05) is 17.7 Å². The molecule has 3 aromatic carbocycles. The average molecular weight is 702 g/mol. The van der Waals surface area contributed by atoms with Crippen molar-refractivity contribution in [3.8, 4) is 11.8 Å². The molecule has 16 heteroatoms. The monoisotopic (exact) mass is 701 g/mol. The molecule has 3 aromatic rings. The number of alkyl halides is 5. The number of amides is 1. The topological polar surface area (TPSA) is 129 Å². The van der Waals surface area contributed by atoms with Gasteiger partial charge in [-0.25, -0.2) is 8.42 Å². The fourth-order valence-electron chi connectivity index (χ4n) is 5.09. The van der Waals surface area contributed by atoms with Gasteiger partial charge in [-0.1, -0.05) is 30.7 Å². The van der Waals surface area contributed by atoms with Crippen LogP contribution >= 0.6 is 11.6 Å². The molecule has 1 aliphatic rings. The first-order valence-corrected chi connectivity index (χ1v) is 16.1. The number of aliphatic hydroxyl groups is 1. The SMILES string of the molecule is CCS(=O)(=O)c1ccc([C@@](O)(CC#N)NC(=O)c2ccc(N3C[C@H](Oc4ccc(C(F)(F)F)cc4)C[C@H]3COC(F)F)cc2Cl)cc1. The molecule has 47 heavy (non-hydrogen) atoms. The van der Waals surface area contributed by atoms with Gasteiger partial charge in [0.25, 0.3) is 5.91 Å². The Hall–Kier alpha value is -3.97. The molecule has 1 aliphatic heterocycles. The van der Waals surface area contributed by atoms with Crippen LogP contribution in [0.3, 0.4) is 0 Å². The zero-order chi connectivity index (χ0) is 34.6. The van der Waals surface area contributed by atoms with Crippen LogP contribution in [0.15, 0.2) is 71.6 Å². The number of hydrogen-bond acceptors (Lipinski definition) is 8. The quantitative estimate of drug-likeness (QED) is 0.176. The summed E-state index contributed by atoms with van der Waals surface area (Å²) in [5.74, 6) is -0.869. The number of carbonyl (C=O) groups is 1. The largest absolute Gasteiger partial charge is 0.489 e. The lowest BCUT2D eigenvalue weighted by Crippen LogP contribution is -2.45. The molecule has 2 N–H and O–H groups in total. The number of rotatable bonds is 12. The van der Waals surface area contributed by atoms with Gasteiger partial charge >= 0.3 is 12.8 Å². The Labute approximate surface area is 272 Å². The molecule has 9 nitrogen and oxygen atoms in total. The van der Waals surface area contributed by atoms with Crippen molar-refractivity contribution >= 4 is 33.0 Å². The molecule has 0 aliphatic carbocycles. The number of benzene rings is 3. The van der Waals surface area contributed by atoms with Crippen molar-refractivity contribution in [1.82, 2.24) is 5.32 Å². The number of nitriles is 1. The van der Waals surface area contributed by atoms with E-state index in [0.717, 1.165) is 24.3 Å². The Morgan fingerprint density at radius 3 is 2.30 bits per heavy atom. The van der Waals surface area contributed by atoms with Crippen LogP contribution in [0.4, 0.5) is 27.6 Å². The second-order valence-corrected chi connectivity index (χ2v) is 13.3. The van der Waals surface area contributed by atoms with Crippen molar-refractivity contribution in [2.45, 2.75) is 55.3 Å². The lowest BCUT2D eigenvalue weighted by molar-refractivity contribution is -0.137. The van der Waals surface area contributed by atoms with Gasteiger partial charge in [-0.15, -0.1) is 0 Å². The number of sulfone groups is 1. The number of halogens is 6. The molecule has 1 amide bonds. The third-order valence-electron chi connectivity index (χ3n) is 7.53. The molecular formula is C31H29ClF5N3O6S. The Morgan fingerprint density at radius 1 is 1.11 bits per heavy atom. The maximum absolute atomic E-state index is 13.2. The molecule has 0 saturated carbocycles. The Morgan fingerprint density at radius 2 is 1.74 bits per heavy atom. The van der Waals surface area contributed by atoms with Crippen molar-refractivity contribution < 1.29 is 49.7 Å². The summed E-state index contributed by atoms with van der Waals surface area (Å²) < 4.78 is 99.3. The zero-order valence-electron chi connectivity index (χ0n) is 24.7. The van der Waals surface area contributed by atoms with Crippen LogP contribution < -0.4 is 15.0 Å². The zero-order valence-corrected chi connectivity index (χ0v) is 26.2. The third kappa shape index (κ3) is 8.69. The highest BCUT2D eigenvalue weighted by Crippen LogP contribution is 2.34. The second-order valence-electron chi connectivity index (χ2n) is 10.6. The van der Waals surface area contributed by atoms with Crippen molar-refractivity contribution in [1.29, 1.82) is 5.26 Å². The minimum atomic E-state index is -4.53. The molecular weight excluding hydrogens is 673 g/mol.